The summed E-state index contributed by atoms with van der Waals surface area (Å²) in [5.74, 6) is 2.43. The zero-order valence-electron chi connectivity index (χ0n) is 19.6. The highest BCUT2D eigenvalue weighted by Crippen LogP contribution is 2.31. The average molecular weight is 456 g/mol. The zero-order valence-corrected chi connectivity index (χ0v) is 19.6. The molecular weight excluding hydrogens is 426 g/mol. The lowest BCUT2D eigenvalue weighted by Gasteiger charge is -2.30. The molecule has 6 rings (SSSR count). The van der Waals surface area contributed by atoms with Gasteiger partial charge < -0.3 is 24.4 Å². The summed E-state index contributed by atoms with van der Waals surface area (Å²) in [5.41, 5.74) is 4.68. The van der Waals surface area contributed by atoms with Gasteiger partial charge >= 0.3 is 0 Å². The second-order valence-corrected chi connectivity index (χ2v) is 9.17. The molecule has 0 aliphatic carbocycles. The van der Waals surface area contributed by atoms with Crippen molar-refractivity contribution in [3.8, 4) is 5.75 Å². The lowest BCUT2D eigenvalue weighted by Crippen LogP contribution is -2.34. The Morgan fingerprint density at radius 2 is 1.97 bits per heavy atom. The number of aromatic nitrogens is 4. The standard InChI is InChI=1S/C26H29N7O/c1-18-4-3-5-20(12-18)31-9-8-19(15-31)28-26-29-24-7-6-22(34-2)13-23(24)25(30-26)32-10-11-33-17-27-14-21(33)16-32/h3-7,12-14,17,19H,8-11,15-16H2,1-2H3,(H,28,29,30). The fourth-order valence-electron chi connectivity index (χ4n) is 5.01. The van der Waals surface area contributed by atoms with E-state index in [-0.39, 0.29) is 0 Å². The Bertz CT molecular complexity index is 1330. The molecule has 174 valence electrons. The molecule has 0 spiro atoms. The second kappa shape index (κ2) is 8.52. The molecule has 1 atom stereocenters. The molecule has 1 saturated heterocycles. The Balaban J connectivity index is 1.29. The molecule has 8 heteroatoms. The lowest BCUT2D eigenvalue weighted by molar-refractivity contribution is 0.415. The minimum Gasteiger partial charge on any atom is -0.497 e. The fourth-order valence-corrected chi connectivity index (χ4v) is 5.01. The Hall–Kier alpha value is -3.81. The van der Waals surface area contributed by atoms with Gasteiger partial charge in [0, 0.05) is 49.5 Å². The van der Waals surface area contributed by atoms with Gasteiger partial charge in [0.2, 0.25) is 5.95 Å². The Morgan fingerprint density at radius 3 is 2.85 bits per heavy atom. The van der Waals surface area contributed by atoms with Gasteiger partial charge in [0.1, 0.15) is 11.6 Å². The summed E-state index contributed by atoms with van der Waals surface area (Å²) in [6, 6.07) is 15.0. The third-order valence-corrected chi connectivity index (χ3v) is 6.83. The van der Waals surface area contributed by atoms with Crippen molar-refractivity contribution >= 4 is 28.4 Å². The summed E-state index contributed by atoms with van der Waals surface area (Å²) < 4.78 is 7.71. The summed E-state index contributed by atoms with van der Waals surface area (Å²) in [4.78, 5) is 19.0. The first-order valence-corrected chi connectivity index (χ1v) is 11.8. The number of methoxy groups -OCH3 is 1. The maximum atomic E-state index is 5.50. The number of aryl methyl sites for hydroxylation is 1. The van der Waals surface area contributed by atoms with Crippen molar-refractivity contribution < 1.29 is 4.74 Å². The largest absolute Gasteiger partial charge is 0.497 e. The number of ether oxygens (including phenoxy) is 1. The number of rotatable bonds is 5. The van der Waals surface area contributed by atoms with Gasteiger partial charge in [0.05, 0.1) is 31.2 Å². The molecule has 2 aliphatic heterocycles. The molecule has 2 aromatic heterocycles. The third-order valence-electron chi connectivity index (χ3n) is 6.83. The van der Waals surface area contributed by atoms with Gasteiger partial charge in [-0.05, 0) is 49.2 Å². The Kier molecular flexibility index (Phi) is 5.20. The van der Waals surface area contributed by atoms with E-state index in [1.54, 1.807) is 7.11 Å². The van der Waals surface area contributed by atoms with Crippen LogP contribution in [-0.4, -0.2) is 52.3 Å². The molecule has 2 aliphatic rings. The molecule has 0 saturated carbocycles. The van der Waals surface area contributed by atoms with Crippen LogP contribution in [0.2, 0.25) is 0 Å². The second-order valence-electron chi connectivity index (χ2n) is 9.17. The highest BCUT2D eigenvalue weighted by molar-refractivity contribution is 5.91. The van der Waals surface area contributed by atoms with E-state index in [0.29, 0.717) is 12.0 Å². The van der Waals surface area contributed by atoms with E-state index >= 15 is 0 Å². The van der Waals surface area contributed by atoms with Crippen LogP contribution in [0.5, 0.6) is 5.75 Å². The molecular formula is C26H29N7O. The topological polar surface area (TPSA) is 71.3 Å². The average Bonchev–Trinajstić information content (AvgIpc) is 3.52. The monoisotopic (exact) mass is 455 g/mol. The van der Waals surface area contributed by atoms with Crippen LogP contribution < -0.4 is 19.9 Å². The summed E-state index contributed by atoms with van der Waals surface area (Å²) in [6.45, 7) is 6.63. The highest BCUT2D eigenvalue weighted by atomic mass is 16.5. The van der Waals surface area contributed by atoms with Gasteiger partial charge in [0.25, 0.3) is 0 Å². The van der Waals surface area contributed by atoms with Crippen LogP contribution in [0.1, 0.15) is 17.7 Å². The van der Waals surface area contributed by atoms with E-state index in [0.717, 1.165) is 61.6 Å². The SMILES string of the molecule is COc1ccc2nc(NC3CCN(c4cccc(C)c4)C3)nc(N3CCn4cncc4C3)c2c1. The molecule has 0 amide bonds. The van der Waals surface area contributed by atoms with Crippen LogP contribution in [0, 0.1) is 6.92 Å². The number of hydrogen-bond acceptors (Lipinski definition) is 7. The van der Waals surface area contributed by atoms with Gasteiger partial charge in [-0.1, -0.05) is 12.1 Å². The predicted octanol–water partition coefficient (Wildman–Crippen LogP) is 3.85. The molecule has 8 nitrogen and oxygen atoms in total. The molecule has 4 aromatic rings. The van der Waals surface area contributed by atoms with Crippen LogP contribution >= 0.6 is 0 Å². The molecule has 2 aromatic carbocycles. The third kappa shape index (κ3) is 3.89. The normalized spacial score (nSPS) is 17.8. The van der Waals surface area contributed by atoms with Crippen molar-refractivity contribution in [1.29, 1.82) is 0 Å². The summed E-state index contributed by atoms with van der Waals surface area (Å²) in [5, 5.41) is 4.64. The summed E-state index contributed by atoms with van der Waals surface area (Å²) in [7, 11) is 1.69. The zero-order chi connectivity index (χ0) is 23.1. The molecule has 4 heterocycles. The Labute approximate surface area is 199 Å². The van der Waals surface area contributed by atoms with Crippen LogP contribution in [-0.2, 0) is 13.1 Å². The lowest BCUT2D eigenvalue weighted by atomic mass is 10.2. The highest BCUT2D eigenvalue weighted by Gasteiger charge is 2.25. The van der Waals surface area contributed by atoms with Crippen molar-refractivity contribution in [2.75, 3.05) is 41.9 Å². The van der Waals surface area contributed by atoms with Crippen LogP contribution in [0.4, 0.5) is 17.5 Å². The number of anilines is 3. The fraction of sp³-hybridized carbons (Fsp3) is 0.346. The van der Waals surface area contributed by atoms with Crippen LogP contribution in [0.15, 0.2) is 55.0 Å². The van der Waals surface area contributed by atoms with Crippen molar-refractivity contribution in [2.24, 2.45) is 0 Å². The summed E-state index contributed by atoms with van der Waals surface area (Å²) >= 11 is 0. The first kappa shape index (κ1) is 20.8. The van der Waals surface area contributed by atoms with Crippen molar-refractivity contribution in [2.45, 2.75) is 32.5 Å². The first-order chi connectivity index (χ1) is 16.7. The number of benzene rings is 2. The van der Waals surface area contributed by atoms with Gasteiger partial charge in [-0.2, -0.15) is 4.98 Å². The van der Waals surface area contributed by atoms with E-state index in [9.17, 15) is 0 Å². The number of nitrogens with zero attached hydrogens (tertiary/aromatic N) is 6. The van der Waals surface area contributed by atoms with E-state index in [4.69, 9.17) is 14.7 Å². The van der Waals surface area contributed by atoms with Gasteiger partial charge in [-0.3, -0.25) is 0 Å². The van der Waals surface area contributed by atoms with Gasteiger partial charge in [-0.15, -0.1) is 0 Å². The molecule has 34 heavy (non-hydrogen) atoms. The smallest absolute Gasteiger partial charge is 0.225 e. The Morgan fingerprint density at radius 1 is 1.03 bits per heavy atom. The molecule has 1 N–H and O–H groups in total. The van der Waals surface area contributed by atoms with Gasteiger partial charge in [0.15, 0.2) is 0 Å². The first-order valence-electron chi connectivity index (χ1n) is 11.8. The van der Waals surface area contributed by atoms with Crippen molar-refractivity contribution in [3.63, 3.8) is 0 Å². The van der Waals surface area contributed by atoms with E-state index in [1.807, 2.05) is 30.7 Å². The quantitative estimate of drug-likeness (QED) is 0.490. The number of imidazole rings is 1. The number of nitrogens with one attached hydrogen (secondary N) is 1. The number of hydrogen-bond donors (Lipinski definition) is 1. The van der Waals surface area contributed by atoms with E-state index < -0.39 is 0 Å². The molecule has 0 radical (unpaired) electrons. The minimum absolute atomic E-state index is 0.298. The van der Waals surface area contributed by atoms with E-state index in [2.05, 4.69) is 55.9 Å². The molecule has 1 fully saturated rings. The molecule has 0 bridgehead atoms. The van der Waals surface area contributed by atoms with Crippen molar-refractivity contribution in [3.05, 3.63) is 66.2 Å². The van der Waals surface area contributed by atoms with Crippen molar-refractivity contribution in [1.82, 2.24) is 19.5 Å². The minimum atomic E-state index is 0.298. The molecule has 1 unspecified atom stereocenters. The maximum Gasteiger partial charge on any atom is 0.225 e. The summed E-state index contributed by atoms with van der Waals surface area (Å²) in [6.07, 6.45) is 4.89. The predicted molar refractivity (Wildman–Crippen MR) is 135 cm³/mol. The van der Waals surface area contributed by atoms with E-state index in [1.165, 1.54) is 16.9 Å². The van der Waals surface area contributed by atoms with Crippen LogP contribution in [0.25, 0.3) is 10.9 Å². The maximum absolute atomic E-state index is 5.50. The van der Waals surface area contributed by atoms with Gasteiger partial charge in [-0.25, -0.2) is 9.97 Å². The number of fused-ring (bicyclic) bond motifs is 2. The van der Waals surface area contributed by atoms with Crippen LogP contribution in [0.3, 0.4) is 0 Å².